The van der Waals surface area contributed by atoms with Gasteiger partial charge in [0.2, 0.25) is 0 Å². The molecule has 3 aliphatic rings. The van der Waals surface area contributed by atoms with Crippen molar-refractivity contribution in [2.45, 2.75) is 58.2 Å². The number of hydrogen-bond acceptors (Lipinski definition) is 3. The number of Topliss-reactive ketones (excluding diaryl/α,β-unsaturated/α-hetero) is 1. The van der Waals surface area contributed by atoms with Gasteiger partial charge >= 0.3 is 6.09 Å². The number of allylic oxidation sites excluding steroid dienone is 2. The second-order valence-corrected chi connectivity index (χ2v) is 11.8. The number of amides is 1. The lowest BCUT2D eigenvalue weighted by Crippen LogP contribution is -2.48. The van der Waals surface area contributed by atoms with Crippen LogP contribution in [0.2, 0.25) is 0 Å². The highest BCUT2D eigenvalue weighted by molar-refractivity contribution is 6.13. The number of piperidine rings is 1. The highest BCUT2D eigenvalue weighted by atomic mass is 19.1. The van der Waals surface area contributed by atoms with Crippen molar-refractivity contribution < 1.29 is 23.5 Å². The van der Waals surface area contributed by atoms with Crippen molar-refractivity contribution in [2.75, 3.05) is 24.5 Å². The van der Waals surface area contributed by atoms with Gasteiger partial charge in [-0.2, -0.15) is 0 Å². The van der Waals surface area contributed by atoms with Crippen LogP contribution in [0.25, 0.3) is 5.57 Å². The van der Waals surface area contributed by atoms with Crippen LogP contribution in [0.5, 0.6) is 0 Å². The summed E-state index contributed by atoms with van der Waals surface area (Å²) in [4.78, 5) is 28.3. The van der Waals surface area contributed by atoms with Crippen molar-refractivity contribution in [2.24, 2.45) is 5.41 Å². The minimum Gasteiger partial charge on any atom is -0.465 e. The molecule has 1 aliphatic carbocycles. The number of ketones is 1. The fourth-order valence-corrected chi connectivity index (χ4v) is 5.98. The number of alkyl halides is 1. The minimum absolute atomic E-state index is 0.137. The molecule has 1 atom stereocenters. The molecule has 200 valence electrons. The SMILES string of the molecule is CC(C)(C)C1CC(c2ccc3c(c2)CC(=CC2(F)CCN(c4ccccc4F)CC2)C3=O)=CCN1C(=O)O. The van der Waals surface area contributed by atoms with Crippen molar-refractivity contribution in [3.63, 3.8) is 0 Å². The summed E-state index contributed by atoms with van der Waals surface area (Å²) in [5.41, 5.74) is 2.64. The number of hydrogen-bond donors (Lipinski definition) is 1. The van der Waals surface area contributed by atoms with Gasteiger partial charge in [-0.3, -0.25) is 4.79 Å². The molecule has 5 nitrogen and oxygen atoms in total. The lowest BCUT2D eigenvalue weighted by atomic mass is 9.79. The van der Waals surface area contributed by atoms with Gasteiger partial charge in [0.1, 0.15) is 11.5 Å². The van der Waals surface area contributed by atoms with E-state index in [0.29, 0.717) is 49.3 Å². The van der Waals surface area contributed by atoms with Crippen LogP contribution in [0.15, 0.2) is 60.2 Å². The predicted octanol–water partition coefficient (Wildman–Crippen LogP) is 6.68. The molecule has 0 aromatic heterocycles. The number of halogens is 2. The van der Waals surface area contributed by atoms with Crippen molar-refractivity contribution in [3.8, 4) is 0 Å². The monoisotopic (exact) mass is 520 g/mol. The second kappa shape index (κ2) is 9.68. The van der Waals surface area contributed by atoms with Gasteiger partial charge in [-0.1, -0.05) is 57.2 Å². The van der Waals surface area contributed by atoms with Gasteiger partial charge in [0.15, 0.2) is 5.78 Å². The number of carbonyl (C=O) groups excluding carboxylic acids is 1. The van der Waals surface area contributed by atoms with Crippen molar-refractivity contribution in [1.82, 2.24) is 4.90 Å². The molecular formula is C31H34F2N2O3. The summed E-state index contributed by atoms with van der Waals surface area (Å²) in [5.74, 6) is -0.450. The fraction of sp³-hybridized carbons (Fsp3) is 0.419. The van der Waals surface area contributed by atoms with Gasteiger partial charge in [-0.15, -0.1) is 0 Å². The van der Waals surface area contributed by atoms with Crippen LogP contribution in [-0.4, -0.2) is 53.2 Å². The number of fused-ring (bicyclic) bond motifs is 1. The molecule has 1 saturated heterocycles. The van der Waals surface area contributed by atoms with E-state index in [1.165, 1.54) is 17.0 Å². The molecule has 7 heteroatoms. The Hall–Kier alpha value is -3.48. The van der Waals surface area contributed by atoms with E-state index in [1.807, 2.05) is 49.9 Å². The van der Waals surface area contributed by atoms with Gasteiger partial charge in [-0.05, 0) is 46.7 Å². The van der Waals surface area contributed by atoms with Crippen molar-refractivity contribution in [3.05, 3.63) is 82.7 Å². The van der Waals surface area contributed by atoms with Crippen molar-refractivity contribution >= 4 is 23.1 Å². The molecule has 0 bridgehead atoms. The van der Waals surface area contributed by atoms with Gasteiger partial charge in [0.05, 0.1) is 5.69 Å². The maximum Gasteiger partial charge on any atom is 0.407 e. The van der Waals surface area contributed by atoms with Crippen LogP contribution in [-0.2, 0) is 6.42 Å². The summed E-state index contributed by atoms with van der Waals surface area (Å²) in [7, 11) is 0. The number of carboxylic acid groups (broad SMARTS) is 1. The Morgan fingerprint density at radius 2 is 1.84 bits per heavy atom. The summed E-state index contributed by atoms with van der Waals surface area (Å²) in [6.07, 6.45) is 3.90. The van der Waals surface area contributed by atoms with Crippen LogP contribution in [0.4, 0.5) is 19.3 Å². The summed E-state index contributed by atoms with van der Waals surface area (Å²) in [5, 5.41) is 9.66. The first-order chi connectivity index (χ1) is 17.9. The average Bonchev–Trinajstić information content (AvgIpc) is 3.18. The number of anilines is 1. The first-order valence-corrected chi connectivity index (χ1v) is 13.2. The van der Waals surface area contributed by atoms with Crippen LogP contribution in [0.1, 0.15) is 61.5 Å². The molecule has 0 saturated carbocycles. The Morgan fingerprint density at radius 1 is 1.13 bits per heavy atom. The molecule has 1 unspecified atom stereocenters. The minimum atomic E-state index is -1.61. The van der Waals surface area contributed by atoms with Gasteiger partial charge in [-0.25, -0.2) is 13.6 Å². The van der Waals surface area contributed by atoms with E-state index in [4.69, 9.17) is 0 Å². The topological polar surface area (TPSA) is 60.9 Å². The molecule has 1 N–H and O–H groups in total. The largest absolute Gasteiger partial charge is 0.465 e. The van der Waals surface area contributed by atoms with Gasteiger partial charge < -0.3 is 14.9 Å². The van der Waals surface area contributed by atoms with E-state index < -0.39 is 11.8 Å². The quantitative estimate of drug-likeness (QED) is 0.459. The number of benzene rings is 2. The molecular weight excluding hydrogens is 486 g/mol. The summed E-state index contributed by atoms with van der Waals surface area (Å²) in [6.45, 7) is 7.21. The predicted molar refractivity (Wildman–Crippen MR) is 145 cm³/mol. The Morgan fingerprint density at radius 3 is 2.50 bits per heavy atom. The fourth-order valence-electron chi connectivity index (χ4n) is 5.98. The summed E-state index contributed by atoms with van der Waals surface area (Å²) >= 11 is 0. The third kappa shape index (κ3) is 4.98. The molecule has 0 radical (unpaired) electrons. The van der Waals surface area contributed by atoms with Crippen LogP contribution in [0.3, 0.4) is 0 Å². The van der Waals surface area contributed by atoms with E-state index >= 15 is 4.39 Å². The molecule has 38 heavy (non-hydrogen) atoms. The lowest BCUT2D eigenvalue weighted by Gasteiger charge is -2.41. The van der Waals surface area contributed by atoms with Crippen LogP contribution < -0.4 is 4.90 Å². The zero-order valence-electron chi connectivity index (χ0n) is 22.1. The van der Waals surface area contributed by atoms with E-state index in [1.54, 1.807) is 18.2 Å². The molecule has 2 aliphatic heterocycles. The number of para-hydroxylation sites is 1. The summed E-state index contributed by atoms with van der Waals surface area (Å²) < 4.78 is 30.0. The molecule has 2 aromatic carbocycles. The molecule has 1 fully saturated rings. The van der Waals surface area contributed by atoms with E-state index in [9.17, 15) is 19.1 Å². The van der Waals surface area contributed by atoms with E-state index in [-0.39, 0.29) is 35.9 Å². The Bertz CT molecular complexity index is 1330. The Kier molecular flexibility index (Phi) is 6.66. The van der Waals surface area contributed by atoms with Gasteiger partial charge in [0.25, 0.3) is 0 Å². The molecule has 1 amide bonds. The summed E-state index contributed by atoms with van der Waals surface area (Å²) in [6, 6.07) is 12.1. The highest BCUT2D eigenvalue weighted by Gasteiger charge is 2.38. The van der Waals surface area contributed by atoms with E-state index in [2.05, 4.69) is 0 Å². The zero-order chi connectivity index (χ0) is 27.2. The molecule has 2 heterocycles. The van der Waals surface area contributed by atoms with Crippen LogP contribution in [0, 0.1) is 11.2 Å². The zero-order valence-corrected chi connectivity index (χ0v) is 22.1. The highest BCUT2D eigenvalue weighted by Crippen LogP contribution is 2.39. The number of rotatable bonds is 3. The lowest BCUT2D eigenvalue weighted by molar-refractivity contribution is 0.0884. The third-order valence-corrected chi connectivity index (χ3v) is 8.18. The maximum absolute atomic E-state index is 15.8. The standard InChI is InChI=1S/C31H34F2N2O3/c1-30(2,3)27-18-21(10-13-35(27)29(37)38)20-8-9-24-22(16-20)17-23(28(24)36)19-31(33)11-14-34(15-12-31)26-7-5-4-6-25(26)32/h4-10,16,19,27H,11-15,17-18H2,1-3H3,(H,37,38). The third-order valence-electron chi connectivity index (χ3n) is 8.18. The number of nitrogens with zero attached hydrogens (tertiary/aromatic N) is 2. The Labute approximate surface area is 222 Å². The molecule has 5 rings (SSSR count). The maximum atomic E-state index is 15.8. The van der Waals surface area contributed by atoms with E-state index in [0.717, 1.165) is 16.7 Å². The molecule has 2 aromatic rings. The van der Waals surface area contributed by atoms with Crippen molar-refractivity contribution in [1.29, 1.82) is 0 Å². The average molecular weight is 521 g/mol. The normalized spacial score (nSPS) is 22.4. The second-order valence-electron chi connectivity index (χ2n) is 11.8. The molecule has 0 spiro atoms. The first kappa shape index (κ1) is 26.1. The first-order valence-electron chi connectivity index (χ1n) is 13.2. The Balaban J connectivity index is 1.32. The van der Waals surface area contributed by atoms with Crippen LogP contribution >= 0.6 is 0 Å². The number of carbonyl (C=O) groups is 2. The smallest absolute Gasteiger partial charge is 0.407 e. The van der Waals surface area contributed by atoms with Gasteiger partial charge in [0, 0.05) is 56.1 Å².